The van der Waals surface area contributed by atoms with E-state index in [1.807, 2.05) is 19.3 Å². The first-order valence-electron chi connectivity index (χ1n) is 5.99. The summed E-state index contributed by atoms with van der Waals surface area (Å²) >= 11 is 0. The van der Waals surface area contributed by atoms with Gasteiger partial charge in [0.2, 0.25) is 0 Å². The van der Waals surface area contributed by atoms with Crippen LogP contribution in [0.1, 0.15) is 24.4 Å². The highest BCUT2D eigenvalue weighted by Gasteiger charge is 2.37. The predicted octanol–water partition coefficient (Wildman–Crippen LogP) is 1.78. The standard InChI is InChI=1S/C13H20N2O2/c1-14-12(13(17-3)9-4-5-9)10-6-11(16-2)8-15-7-10/h6-9,12-14H,4-5H2,1-3H3. The summed E-state index contributed by atoms with van der Waals surface area (Å²) in [4.78, 5) is 4.20. The average molecular weight is 236 g/mol. The molecule has 2 atom stereocenters. The molecule has 2 rings (SSSR count). The highest BCUT2D eigenvalue weighted by Crippen LogP contribution is 2.39. The van der Waals surface area contributed by atoms with Crippen molar-refractivity contribution in [1.82, 2.24) is 10.3 Å². The van der Waals surface area contributed by atoms with Crippen LogP contribution in [0.5, 0.6) is 5.75 Å². The molecule has 1 N–H and O–H groups in total. The molecule has 1 aromatic rings. The summed E-state index contributed by atoms with van der Waals surface area (Å²) < 4.78 is 10.8. The maximum Gasteiger partial charge on any atom is 0.137 e. The van der Waals surface area contributed by atoms with Crippen LogP contribution in [0.25, 0.3) is 0 Å². The van der Waals surface area contributed by atoms with Gasteiger partial charge in [0.05, 0.1) is 25.5 Å². The predicted molar refractivity (Wildman–Crippen MR) is 66.1 cm³/mol. The minimum absolute atomic E-state index is 0.176. The van der Waals surface area contributed by atoms with Gasteiger partial charge in [0.15, 0.2) is 0 Å². The lowest BCUT2D eigenvalue weighted by Crippen LogP contribution is -2.32. The lowest BCUT2D eigenvalue weighted by atomic mass is 9.99. The van der Waals surface area contributed by atoms with Crippen molar-refractivity contribution < 1.29 is 9.47 Å². The fourth-order valence-electron chi connectivity index (χ4n) is 2.26. The van der Waals surface area contributed by atoms with E-state index in [-0.39, 0.29) is 12.1 Å². The van der Waals surface area contributed by atoms with Gasteiger partial charge in [0, 0.05) is 13.3 Å². The molecule has 0 saturated heterocycles. The first-order chi connectivity index (χ1) is 8.30. The zero-order valence-corrected chi connectivity index (χ0v) is 10.6. The number of rotatable bonds is 6. The third-order valence-corrected chi connectivity index (χ3v) is 3.33. The maximum atomic E-state index is 5.62. The maximum absolute atomic E-state index is 5.62. The number of pyridine rings is 1. The van der Waals surface area contributed by atoms with Crippen LogP contribution in [0.2, 0.25) is 0 Å². The van der Waals surface area contributed by atoms with Crippen molar-refractivity contribution in [2.45, 2.75) is 25.0 Å². The highest BCUT2D eigenvalue weighted by molar-refractivity contribution is 5.27. The Morgan fingerprint density at radius 2 is 2.12 bits per heavy atom. The summed E-state index contributed by atoms with van der Waals surface area (Å²) in [5.74, 6) is 1.46. The number of aromatic nitrogens is 1. The minimum Gasteiger partial charge on any atom is -0.495 e. The van der Waals surface area contributed by atoms with Gasteiger partial charge in [-0.1, -0.05) is 0 Å². The molecule has 1 saturated carbocycles. The molecule has 0 radical (unpaired) electrons. The number of hydrogen-bond acceptors (Lipinski definition) is 4. The molecule has 0 amide bonds. The Bertz CT molecular complexity index is 366. The van der Waals surface area contributed by atoms with Gasteiger partial charge in [-0.2, -0.15) is 0 Å². The molecule has 4 nitrogen and oxygen atoms in total. The third kappa shape index (κ3) is 2.76. The van der Waals surface area contributed by atoms with Crippen molar-refractivity contribution in [2.24, 2.45) is 5.92 Å². The Morgan fingerprint density at radius 1 is 1.35 bits per heavy atom. The second kappa shape index (κ2) is 5.47. The zero-order chi connectivity index (χ0) is 12.3. The molecule has 1 heterocycles. The van der Waals surface area contributed by atoms with E-state index in [0.717, 1.165) is 11.3 Å². The molecule has 1 aliphatic rings. The first kappa shape index (κ1) is 12.3. The average Bonchev–Trinajstić information content (AvgIpc) is 3.20. The molecule has 1 aromatic heterocycles. The van der Waals surface area contributed by atoms with E-state index in [1.54, 1.807) is 20.4 Å². The molecule has 2 unspecified atom stereocenters. The lowest BCUT2D eigenvalue weighted by Gasteiger charge is -2.26. The second-order valence-electron chi connectivity index (χ2n) is 4.46. The molecule has 0 spiro atoms. The Balaban J connectivity index is 2.20. The summed E-state index contributed by atoms with van der Waals surface area (Å²) in [5.41, 5.74) is 1.12. The number of hydrogen-bond donors (Lipinski definition) is 1. The number of ether oxygens (including phenoxy) is 2. The molecule has 94 valence electrons. The van der Waals surface area contributed by atoms with Gasteiger partial charge in [-0.25, -0.2) is 0 Å². The van der Waals surface area contributed by atoms with E-state index < -0.39 is 0 Å². The number of methoxy groups -OCH3 is 2. The first-order valence-corrected chi connectivity index (χ1v) is 5.99. The topological polar surface area (TPSA) is 43.4 Å². The van der Waals surface area contributed by atoms with Crippen LogP contribution in [-0.2, 0) is 4.74 Å². The molecular formula is C13H20N2O2. The molecule has 0 bridgehead atoms. The summed E-state index contributed by atoms with van der Waals surface area (Å²) in [6.45, 7) is 0. The summed E-state index contributed by atoms with van der Waals surface area (Å²) in [6, 6.07) is 2.19. The van der Waals surface area contributed by atoms with E-state index >= 15 is 0 Å². The van der Waals surface area contributed by atoms with E-state index in [1.165, 1.54) is 12.8 Å². The smallest absolute Gasteiger partial charge is 0.137 e. The summed E-state index contributed by atoms with van der Waals surface area (Å²) in [6.07, 6.45) is 6.32. The number of likely N-dealkylation sites (N-methyl/N-ethyl adjacent to an activating group) is 1. The quantitative estimate of drug-likeness (QED) is 0.817. The second-order valence-corrected chi connectivity index (χ2v) is 4.46. The van der Waals surface area contributed by atoms with Crippen molar-refractivity contribution in [3.63, 3.8) is 0 Å². The molecular weight excluding hydrogens is 216 g/mol. The van der Waals surface area contributed by atoms with Crippen molar-refractivity contribution >= 4 is 0 Å². The van der Waals surface area contributed by atoms with Crippen LogP contribution < -0.4 is 10.1 Å². The van der Waals surface area contributed by atoms with Crippen LogP contribution >= 0.6 is 0 Å². The molecule has 1 aliphatic carbocycles. The monoisotopic (exact) mass is 236 g/mol. The van der Waals surface area contributed by atoms with Gasteiger partial charge >= 0.3 is 0 Å². The molecule has 0 aromatic carbocycles. The Hall–Kier alpha value is -1.13. The summed E-state index contributed by atoms with van der Waals surface area (Å²) in [5, 5.41) is 3.32. The van der Waals surface area contributed by atoms with Gasteiger partial charge in [0.25, 0.3) is 0 Å². The van der Waals surface area contributed by atoms with Crippen molar-refractivity contribution in [3.05, 3.63) is 24.0 Å². The molecule has 17 heavy (non-hydrogen) atoms. The van der Waals surface area contributed by atoms with Gasteiger partial charge < -0.3 is 14.8 Å². The number of nitrogens with one attached hydrogen (secondary N) is 1. The SMILES string of the molecule is CNC(c1cncc(OC)c1)C(OC)C1CC1. The van der Waals surface area contributed by atoms with Gasteiger partial charge in [0.1, 0.15) is 5.75 Å². The zero-order valence-electron chi connectivity index (χ0n) is 10.6. The van der Waals surface area contributed by atoms with Crippen LogP contribution in [0, 0.1) is 5.92 Å². The van der Waals surface area contributed by atoms with E-state index in [2.05, 4.69) is 10.3 Å². The van der Waals surface area contributed by atoms with Crippen LogP contribution in [0.4, 0.5) is 0 Å². The molecule has 1 fully saturated rings. The Kier molecular flexibility index (Phi) is 3.97. The molecule has 0 aliphatic heterocycles. The van der Waals surface area contributed by atoms with Crippen molar-refractivity contribution in [1.29, 1.82) is 0 Å². The fraction of sp³-hybridized carbons (Fsp3) is 0.615. The fourth-order valence-corrected chi connectivity index (χ4v) is 2.26. The Morgan fingerprint density at radius 3 is 2.65 bits per heavy atom. The van der Waals surface area contributed by atoms with Crippen LogP contribution in [0.15, 0.2) is 18.5 Å². The normalized spacial score (nSPS) is 18.8. The summed E-state index contributed by atoms with van der Waals surface area (Å²) in [7, 11) is 5.39. The lowest BCUT2D eigenvalue weighted by molar-refractivity contribution is 0.0529. The molecule has 4 heteroatoms. The van der Waals surface area contributed by atoms with Gasteiger partial charge in [-0.05, 0) is 37.4 Å². The van der Waals surface area contributed by atoms with Crippen LogP contribution in [0.3, 0.4) is 0 Å². The van der Waals surface area contributed by atoms with Crippen molar-refractivity contribution in [2.75, 3.05) is 21.3 Å². The van der Waals surface area contributed by atoms with Crippen LogP contribution in [-0.4, -0.2) is 32.4 Å². The van der Waals surface area contributed by atoms with Gasteiger partial charge in [-0.3, -0.25) is 4.98 Å². The highest BCUT2D eigenvalue weighted by atomic mass is 16.5. The van der Waals surface area contributed by atoms with E-state index in [4.69, 9.17) is 9.47 Å². The van der Waals surface area contributed by atoms with E-state index in [9.17, 15) is 0 Å². The number of nitrogens with zero attached hydrogens (tertiary/aromatic N) is 1. The van der Waals surface area contributed by atoms with E-state index in [0.29, 0.717) is 5.92 Å². The largest absolute Gasteiger partial charge is 0.495 e. The van der Waals surface area contributed by atoms with Crippen molar-refractivity contribution in [3.8, 4) is 5.75 Å². The Labute approximate surface area is 102 Å². The third-order valence-electron chi connectivity index (χ3n) is 3.33. The minimum atomic E-state index is 0.176. The van der Waals surface area contributed by atoms with Gasteiger partial charge in [-0.15, -0.1) is 0 Å².